The second kappa shape index (κ2) is 6.13. The molecule has 0 rings (SSSR count). The first-order valence-electron chi connectivity index (χ1n) is 4.33. The fourth-order valence-corrected chi connectivity index (χ4v) is 2.79. The van der Waals surface area contributed by atoms with Crippen molar-refractivity contribution in [2.24, 2.45) is 11.8 Å². The summed E-state index contributed by atoms with van der Waals surface area (Å²) in [5.74, 6) is 0.620. The van der Waals surface area contributed by atoms with Gasteiger partial charge in [0.25, 0.3) is 0 Å². The zero-order valence-corrected chi connectivity index (χ0v) is 11.4. The van der Waals surface area contributed by atoms with Gasteiger partial charge in [0, 0.05) is 35.1 Å². The van der Waals surface area contributed by atoms with Crippen LogP contribution >= 0.6 is 0 Å². The Hall–Kier alpha value is 0.573. The normalized spacial score (nSPS) is 12.3. The fourth-order valence-electron chi connectivity index (χ4n) is 0.929. The Balaban J connectivity index is 0. The van der Waals surface area contributed by atoms with Crippen LogP contribution in [0.15, 0.2) is 0 Å². The molecule has 0 saturated carbocycles. The van der Waals surface area contributed by atoms with Crippen LogP contribution in [0.3, 0.4) is 0 Å². The summed E-state index contributed by atoms with van der Waals surface area (Å²) >= 11 is 0. The molecule has 0 aromatic rings. The fraction of sp³-hybridized carbons (Fsp3) is 0.889. The summed E-state index contributed by atoms with van der Waals surface area (Å²) < 4.78 is 23.1. The summed E-state index contributed by atoms with van der Waals surface area (Å²) in [7, 11) is -2.94. The minimum Gasteiger partial charge on any atom is -0.262 e. The predicted molar refractivity (Wildman–Crippen MR) is 52.4 cm³/mol. The zero-order chi connectivity index (χ0) is 9.94. The minimum absolute atomic E-state index is 0. The number of rotatable bonds is 4. The maximum atomic E-state index is 11.5. The van der Waals surface area contributed by atoms with Crippen LogP contribution in [0, 0.1) is 17.1 Å². The second-order valence-corrected chi connectivity index (χ2v) is 6.15. The van der Waals surface area contributed by atoms with Crippen LogP contribution in [0.1, 0.15) is 34.6 Å². The third-order valence-corrected chi connectivity index (χ3v) is 4.41. The van der Waals surface area contributed by atoms with E-state index in [0.29, 0.717) is 5.25 Å². The molecule has 0 aromatic heterocycles. The van der Waals surface area contributed by atoms with Gasteiger partial charge in [-0.3, -0.25) is 8.42 Å². The van der Waals surface area contributed by atoms with E-state index >= 15 is 0 Å². The SMILES string of the molecule is C[C-](C(C)C)S(=O)(=O)CC(C)C.[Rh]. The molecule has 0 unspecified atom stereocenters. The summed E-state index contributed by atoms with van der Waals surface area (Å²) in [6.07, 6.45) is 0. The average Bonchev–Trinajstić information content (AvgIpc) is 1.82. The van der Waals surface area contributed by atoms with Crippen LogP contribution in [-0.2, 0) is 29.3 Å². The standard InChI is InChI=1S/C9H19O2S.Rh/c1-7(2)6-12(10,11)9(5)8(3)4;/h7-8H,6H2,1-5H3;/q-1;. The summed E-state index contributed by atoms with van der Waals surface area (Å²) in [5, 5.41) is 0.608. The van der Waals surface area contributed by atoms with E-state index in [1.54, 1.807) is 6.92 Å². The molecule has 4 heteroatoms. The number of sulfone groups is 1. The molecule has 2 nitrogen and oxygen atoms in total. The van der Waals surface area contributed by atoms with Crippen LogP contribution in [0.5, 0.6) is 0 Å². The summed E-state index contributed by atoms with van der Waals surface area (Å²) in [6, 6.07) is 0. The van der Waals surface area contributed by atoms with Crippen LogP contribution in [-0.4, -0.2) is 14.2 Å². The first kappa shape index (κ1) is 16.0. The van der Waals surface area contributed by atoms with Crippen LogP contribution in [0.25, 0.3) is 0 Å². The van der Waals surface area contributed by atoms with E-state index in [1.807, 2.05) is 27.7 Å². The number of hydrogen-bond acceptors (Lipinski definition) is 2. The smallest absolute Gasteiger partial charge is 0.0268 e. The molecule has 0 fully saturated rings. The Labute approximate surface area is 95.2 Å². The molecule has 1 radical (unpaired) electrons. The van der Waals surface area contributed by atoms with Gasteiger partial charge in [-0.2, -0.15) is 18.1 Å². The monoisotopic (exact) mass is 294 g/mol. The van der Waals surface area contributed by atoms with Crippen LogP contribution in [0.2, 0.25) is 0 Å². The van der Waals surface area contributed by atoms with Crippen LogP contribution < -0.4 is 0 Å². The molecule has 0 saturated heterocycles. The van der Waals surface area contributed by atoms with Crippen molar-refractivity contribution in [2.45, 2.75) is 34.6 Å². The molecule has 0 atom stereocenters. The minimum atomic E-state index is -2.94. The third-order valence-electron chi connectivity index (χ3n) is 1.86. The van der Waals surface area contributed by atoms with Crippen molar-refractivity contribution >= 4 is 9.84 Å². The van der Waals surface area contributed by atoms with Crippen molar-refractivity contribution in [1.82, 2.24) is 0 Å². The molecule has 83 valence electrons. The average molecular weight is 294 g/mol. The van der Waals surface area contributed by atoms with E-state index in [-0.39, 0.29) is 37.1 Å². The molecule has 0 spiro atoms. The van der Waals surface area contributed by atoms with Gasteiger partial charge in [-0.1, -0.05) is 27.7 Å². The molecule has 0 N–H and O–H groups in total. The van der Waals surface area contributed by atoms with E-state index < -0.39 is 9.84 Å². The predicted octanol–water partition coefficient (Wildman–Crippen LogP) is 2.26. The first-order valence-corrected chi connectivity index (χ1v) is 5.98. The van der Waals surface area contributed by atoms with Gasteiger partial charge in [0.2, 0.25) is 0 Å². The third kappa shape index (κ3) is 5.80. The van der Waals surface area contributed by atoms with E-state index in [4.69, 9.17) is 0 Å². The van der Waals surface area contributed by atoms with Gasteiger partial charge in [0.1, 0.15) is 0 Å². The van der Waals surface area contributed by atoms with E-state index in [0.717, 1.165) is 0 Å². The number of hydrogen-bond donors (Lipinski definition) is 0. The molecular formula is C9H19O2RhS-. The second-order valence-electron chi connectivity index (χ2n) is 3.94. The topological polar surface area (TPSA) is 34.1 Å². The van der Waals surface area contributed by atoms with Crippen molar-refractivity contribution in [2.75, 3.05) is 5.75 Å². The Morgan fingerprint density at radius 1 is 1.15 bits per heavy atom. The summed E-state index contributed by atoms with van der Waals surface area (Å²) in [6.45, 7) is 9.37. The summed E-state index contributed by atoms with van der Waals surface area (Å²) in [4.78, 5) is 0. The van der Waals surface area contributed by atoms with Crippen molar-refractivity contribution in [3.63, 3.8) is 0 Å². The molecule has 0 bridgehead atoms. The van der Waals surface area contributed by atoms with Gasteiger partial charge >= 0.3 is 0 Å². The quantitative estimate of drug-likeness (QED) is 0.589. The first-order chi connectivity index (χ1) is 5.27. The molecule has 13 heavy (non-hydrogen) atoms. The van der Waals surface area contributed by atoms with Gasteiger partial charge in [-0.05, 0) is 5.92 Å². The van der Waals surface area contributed by atoms with Crippen LogP contribution in [0.4, 0.5) is 0 Å². The van der Waals surface area contributed by atoms with Gasteiger partial charge in [0.05, 0.1) is 0 Å². The molecule has 0 aliphatic rings. The molecule has 0 aliphatic heterocycles. The Kier molecular flexibility index (Phi) is 7.56. The largest absolute Gasteiger partial charge is 0.262 e. The van der Waals surface area contributed by atoms with E-state index in [2.05, 4.69) is 0 Å². The maximum absolute atomic E-state index is 11.5. The van der Waals surface area contributed by atoms with Crippen molar-refractivity contribution in [3.8, 4) is 0 Å². The van der Waals surface area contributed by atoms with E-state index in [9.17, 15) is 8.42 Å². The Bertz CT molecular complexity index is 220. The van der Waals surface area contributed by atoms with Gasteiger partial charge in [-0.15, -0.1) is 0 Å². The van der Waals surface area contributed by atoms with Crippen molar-refractivity contribution in [1.29, 1.82) is 0 Å². The molecule has 0 amide bonds. The Morgan fingerprint density at radius 2 is 1.54 bits per heavy atom. The Morgan fingerprint density at radius 3 is 1.77 bits per heavy atom. The van der Waals surface area contributed by atoms with Gasteiger partial charge < -0.3 is 0 Å². The van der Waals surface area contributed by atoms with Gasteiger partial charge in [0.15, 0.2) is 0 Å². The molecular weight excluding hydrogens is 275 g/mol. The molecule has 0 heterocycles. The van der Waals surface area contributed by atoms with Gasteiger partial charge in [-0.25, -0.2) is 0 Å². The van der Waals surface area contributed by atoms with Crippen molar-refractivity contribution < 1.29 is 27.9 Å². The molecule has 0 aromatic carbocycles. The van der Waals surface area contributed by atoms with E-state index in [1.165, 1.54) is 0 Å². The summed E-state index contributed by atoms with van der Waals surface area (Å²) in [5.41, 5.74) is 0. The zero-order valence-electron chi connectivity index (χ0n) is 8.92. The molecule has 0 aliphatic carbocycles. The van der Waals surface area contributed by atoms with Crippen molar-refractivity contribution in [3.05, 3.63) is 5.25 Å². The maximum Gasteiger partial charge on any atom is 0.0268 e.